The third-order valence-electron chi connectivity index (χ3n) is 5.17. The number of nitrogens with zero attached hydrogens (tertiary/aromatic N) is 1. The lowest BCUT2D eigenvalue weighted by atomic mass is 10.0. The highest BCUT2D eigenvalue weighted by atomic mass is 35.5. The summed E-state index contributed by atoms with van der Waals surface area (Å²) in [6, 6.07) is 12.2. The Morgan fingerprint density at radius 1 is 1.18 bits per heavy atom. The summed E-state index contributed by atoms with van der Waals surface area (Å²) >= 11 is 5.71. The van der Waals surface area contributed by atoms with Crippen LogP contribution in [0.4, 0.5) is 4.39 Å². The SMILES string of the molecule is COc1ccc(CNC(=O)c2ccc3[nH]c(=O)c(Cc4ccc(Cl)c(F)c4)c(O)c3c2)cn1. The second-order valence-corrected chi connectivity index (χ2v) is 7.77. The lowest BCUT2D eigenvalue weighted by Crippen LogP contribution is -2.23. The zero-order valence-corrected chi connectivity index (χ0v) is 18.2. The van der Waals surface area contributed by atoms with Crippen LogP contribution in [0, 0.1) is 5.82 Å². The molecular formula is C24H19ClFN3O4. The van der Waals surface area contributed by atoms with E-state index in [9.17, 15) is 19.1 Å². The van der Waals surface area contributed by atoms with Crippen molar-refractivity contribution in [3.8, 4) is 11.6 Å². The molecule has 0 saturated carbocycles. The fraction of sp³-hybridized carbons (Fsp3) is 0.125. The van der Waals surface area contributed by atoms with Crippen molar-refractivity contribution in [3.63, 3.8) is 0 Å². The Bertz CT molecular complexity index is 1400. The van der Waals surface area contributed by atoms with E-state index in [1.807, 2.05) is 0 Å². The molecule has 0 spiro atoms. The summed E-state index contributed by atoms with van der Waals surface area (Å²) in [6.45, 7) is 0.249. The normalized spacial score (nSPS) is 10.9. The van der Waals surface area contributed by atoms with Gasteiger partial charge in [-0.2, -0.15) is 0 Å². The molecule has 3 N–H and O–H groups in total. The number of aromatic amines is 1. The number of halogens is 2. The number of aromatic hydroxyl groups is 1. The molecule has 9 heteroatoms. The molecule has 0 aliphatic rings. The number of amides is 1. The minimum Gasteiger partial charge on any atom is -0.507 e. The molecule has 2 heterocycles. The summed E-state index contributed by atoms with van der Waals surface area (Å²) < 4.78 is 18.8. The molecule has 0 bridgehead atoms. The number of carbonyl (C=O) groups is 1. The molecule has 33 heavy (non-hydrogen) atoms. The maximum Gasteiger partial charge on any atom is 0.255 e. The quantitative estimate of drug-likeness (QED) is 0.398. The van der Waals surface area contributed by atoms with Crippen molar-refractivity contribution < 1.29 is 19.0 Å². The number of carbonyl (C=O) groups excluding carboxylic acids is 1. The van der Waals surface area contributed by atoms with Crippen molar-refractivity contribution in [2.75, 3.05) is 7.11 Å². The molecule has 7 nitrogen and oxygen atoms in total. The van der Waals surface area contributed by atoms with Crippen molar-refractivity contribution in [2.24, 2.45) is 0 Å². The number of hydrogen-bond acceptors (Lipinski definition) is 5. The first kappa shape index (κ1) is 22.3. The summed E-state index contributed by atoms with van der Waals surface area (Å²) in [4.78, 5) is 31.9. The fourth-order valence-electron chi connectivity index (χ4n) is 3.40. The third kappa shape index (κ3) is 4.80. The van der Waals surface area contributed by atoms with Gasteiger partial charge in [0.2, 0.25) is 5.88 Å². The van der Waals surface area contributed by atoms with Gasteiger partial charge >= 0.3 is 0 Å². The van der Waals surface area contributed by atoms with Crippen LogP contribution in [0.15, 0.2) is 59.5 Å². The zero-order valence-electron chi connectivity index (χ0n) is 17.5. The molecule has 0 fully saturated rings. The third-order valence-corrected chi connectivity index (χ3v) is 5.48. The molecule has 0 aliphatic carbocycles. The van der Waals surface area contributed by atoms with Crippen molar-refractivity contribution in [1.29, 1.82) is 0 Å². The van der Waals surface area contributed by atoms with Crippen molar-refractivity contribution in [1.82, 2.24) is 15.3 Å². The average molecular weight is 468 g/mol. The van der Waals surface area contributed by atoms with Crippen LogP contribution in [0.5, 0.6) is 11.6 Å². The first-order valence-corrected chi connectivity index (χ1v) is 10.3. The molecule has 168 valence electrons. The second-order valence-electron chi connectivity index (χ2n) is 7.36. The van der Waals surface area contributed by atoms with Crippen LogP contribution in [0.3, 0.4) is 0 Å². The Morgan fingerprint density at radius 3 is 2.67 bits per heavy atom. The van der Waals surface area contributed by atoms with Gasteiger partial charge in [0.05, 0.1) is 23.2 Å². The Morgan fingerprint density at radius 2 is 1.97 bits per heavy atom. The zero-order chi connectivity index (χ0) is 23.5. The highest BCUT2D eigenvalue weighted by molar-refractivity contribution is 6.30. The van der Waals surface area contributed by atoms with E-state index in [0.717, 1.165) is 5.56 Å². The highest BCUT2D eigenvalue weighted by Gasteiger charge is 2.16. The van der Waals surface area contributed by atoms with E-state index in [0.29, 0.717) is 27.9 Å². The van der Waals surface area contributed by atoms with E-state index >= 15 is 0 Å². The Balaban J connectivity index is 1.59. The molecular weight excluding hydrogens is 449 g/mol. The lowest BCUT2D eigenvalue weighted by Gasteiger charge is -2.10. The van der Waals surface area contributed by atoms with Crippen LogP contribution in [0.1, 0.15) is 27.0 Å². The second kappa shape index (κ2) is 9.30. The number of ether oxygens (including phenoxy) is 1. The standard InChI is InChI=1S/C24H19ClFN3O4/c1-33-21-7-3-14(11-27-21)12-28-23(31)15-4-6-20-16(10-15)22(30)17(24(32)29-20)8-13-2-5-18(25)19(26)9-13/h2-7,9-11H,8,12H2,1H3,(H,28,31)(H2,29,30,32). The monoisotopic (exact) mass is 467 g/mol. The summed E-state index contributed by atoms with van der Waals surface area (Å²) in [5.41, 5.74) is 1.49. The largest absolute Gasteiger partial charge is 0.507 e. The molecule has 4 aromatic rings. The summed E-state index contributed by atoms with van der Waals surface area (Å²) in [5, 5.41) is 13.8. The molecule has 2 aromatic carbocycles. The number of aromatic nitrogens is 2. The van der Waals surface area contributed by atoms with Crippen LogP contribution in [-0.2, 0) is 13.0 Å². The van der Waals surface area contributed by atoms with Gasteiger partial charge in [-0.3, -0.25) is 9.59 Å². The molecule has 0 aliphatic heterocycles. The fourth-order valence-corrected chi connectivity index (χ4v) is 3.51. The molecule has 0 atom stereocenters. The van der Waals surface area contributed by atoms with Gasteiger partial charge in [-0.15, -0.1) is 0 Å². The number of methoxy groups -OCH3 is 1. The first-order chi connectivity index (χ1) is 15.9. The molecule has 1 amide bonds. The van der Waals surface area contributed by atoms with E-state index in [1.54, 1.807) is 36.5 Å². The number of rotatable bonds is 6. The number of fused-ring (bicyclic) bond motifs is 1. The van der Waals surface area contributed by atoms with Crippen molar-refractivity contribution >= 4 is 28.4 Å². The van der Waals surface area contributed by atoms with Crippen LogP contribution in [0.25, 0.3) is 10.9 Å². The van der Waals surface area contributed by atoms with Gasteiger partial charge in [-0.05, 0) is 41.5 Å². The average Bonchev–Trinajstić information content (AvgIpc) is 2.82. The molecule has 2 aromatic heterocycles. The van der Waals surface area contributed by atoms with Crippen molar-refractivity contribution in [3.05, 3.63) is 98.2 Å². The van der Waals surface area contributed by atoms with Crippen LogP contribution >= 0.6 is 11.6 Å². The minimum atomic E-state index is -0.614. The molecule has 0 radical (unpaired) electrons. The number of benzene rings is 2. The van der Waals surface area contributed by atoms with E-state index in [-0.39, 0.29) is 35.2 Å². The Hall–Kier alpha value is -3.91. The highest BCUT2D eigenvalue weighted by Crippen LogP contribution is 2.28. The van der Waals surface area contributed by atoms with Crippen LogP contribution < -0.4 is 15.6 Å². The van der Waals surface area contributed by atoms with Crippen LogP contribution in [0.2, 0.25) is 5.02 Å². The first-order valence-electron chi connectivity index (χ1n) is 9.94. The van der Waals surface area contributed by atoms with Crippen LogP contribution in [-0.4, -0.2) is 28.1 Å². The van der Waals surface area contributed by atoms with Gasteiger partial charge in [0, 0.05) is 36.2 Å². The van der Waals surface area contributed by atoms with Gasteiger partial charge in [0.25, 0.3) is 11.5 Å². The van der Waals surface area contributed by atoms with Gasteiger partial charge in [0.1, 0.15) is 11.6 Å². The summed E-state index contributed by atoms with van der Waals surface area (Å²) in [7, 11) is 1.52. The smallest absolute Gasteiger partial charge is 0.255 e. The van der Waals surface area contributed by atoms with Gasteiger partial charge in [-0.25, -0.2) is 9.37 Å². The Kier molecular flexibility index (Phi) is 6.28. The lowest BCUT2D eigenvalue weighted by molar-refractivity contribution is 0.0951. The minimum absolute atomic E-state index is 0.00785. The van der Waals surface area contributed by atoms with E-state index in [4.69, 9.17) is 16.3 Å². The molecule has 0 saturated heterocycles. The van der Waals surface area contributed by atoms with Crippen molar-refractivity contribution in [2.45, 2.75) is 13.0 Å². The van der Waals surface area contributed by atoms with E-state index in [1.165, 1.54) is 25.3 Å². The van der Waals surface area contributed by atoms with E-state index < -0.39 is 11.4 Å². The number of nitrogens with one attached hydrogen (secondary N) is 2. The number of pyridine rings is 2. The molecule has 4 rings (SSSR count). The predicted octanol–water partition coefficient (Wildman–Crippen LogP) is 3.95. The maximum absolute atomic E-state index is 13.8. The predicted molar refractivity (Wildman–Crippen MR) is 122 cm³/mol. The summed E-state index contributed by atoms with van der Waals surface area (Å²) in [5.74, 6) is -0.768. The van der Waals surface area contributed by atoms with Gasteiger partial charge in [-0.1, -0.05) is 23.7 Å². The maximum atomic E-state index is 13.8. The van der Waals surface area contributed by atoms with E-state index in [2.05, 4.69) is 15.3 Å². The van der Waals surface area contributed by atoms with Gasteiger partial charge < -0.3 is 20.1 Å². The Labute approximate surface area is 192 Å². The summed E-state index contributed by atoms with van der Waals surface area (Å²) in [6.07, 6.45) is 1.59. The van der Waals surface area contributed by atoms with Gasteiger partial charge in [0.15, 0.2) is 0 Å². The molecule has 0 unspecified atom stereocenters. The topological polar surface area (TPSA) is 104 Å². The number of H-pyrrole nitrogens is 1. The number of hydrogen-bond donors (Lipinski definition) is 3.